The molecule has 5 rings (SSSR count). The highest BCUT2D eigenvalue weighted by atomic mass is 16.5. The van der Waals surface area contributed by atoms with Crippen LogP contribution in [-0.4, -0.2) is 78.8 Å². The Morgan fingerprint density at radius 2 is 1.93 bits per heavy atom. The number of fused-ring (bicyclic) bond motifs is 1. The van der Waals surface area contributed by atoms with Crippen LogP contribution in [0.3, 0.4) is 0 Å². The number of nitrogens with one attached hydrogen (secondary N) is 3. The molecule has 1 amide bonds. The fourth-order valence-corrected chi connectivity index (χ4v) is 5.11. The molecule has 0 unspecified atom stereocenters. The van der Waals surface area contributed by atoms with E-state index in [-0.39, 0.29) is 23.8 Å². The molecular formula is C29H36N10O3. The molecule has 0 saturated carbocycles. The summed E-state index contributed by atoms with van der Waals surface area (Å²) in [5.74, 6) is 0.375. The number of esters is 1. The van der Waals surface area contributed by atoms with Crippen LogP contribution in [0.25, 0.3) is 11.0 Å². The van der Waals surface area contributed by atoms with Crippen molar-refractivity contribution in [3.05, 3.63) is 53.7 Å². The minimum atomic E-state index is -0.347. The highest BCUT2D eigenvalue weighted by molar-refractivity contribution is 5.96. The second kappa shape index (κ2) is 12.1. The Hall–Kier alpha value is -4.65. The van der Waals surface area contributed by atoms with Crippen LogP contribution in [0, 0.1) is 6.92 Å². The molecule has 42 heavy (non-hydrogen) atoms. The summed E-state index contributed by atoms with van der Waals surface area (Å²) in [7, 11) is 3.14. The predicted molar refractivity (Wildman–Crippen MR) is 159 cm³/mol. The van der Waals surface area contributed by atoms with Gasteiger partial charge in [-0.2, -0.15) is 10.1 Å². The molecule has 5 heterocycles. The van der Waals surface area contributed by atoms with E-state index in [9.17, 15) is 9.59 Å². The zero-order chi connectivity index (χ0) is 29.9. The number of carbonyl (C=O) groups is 2. The zero-order valence-electron chi connectivity index (χ0n) is 24.6. The SMILES string of the molecule is COC(=O)Cc1cncc(Nc2ncc3c(Nc4cc(C(=O)NCCN5CCCC5(C)C)cnc4C)nn(C)c3n2)c1. The Morgan fingerprint density at radius 1 is 1.10 bits per heavy atom. The Morgan fingerprint density at radius 3 is 2.69 bits per heavy atom. The lowest BCUT2D eigenvalue weighted by atomic mass is 10.0. The number of anilines is 4. The van der Waals surface area contributed by atoms with E-state index in [1.165, 1.54) is 20.0 Å². The van der Waals surface area contributed by atoms with Crippen LogP contribution in [0.2, 0.25) is 0 Å². The Kier molecular flexibility index (Phi) is 8.29. The number of ether oxygens (including phenoxy) is 1. The number of rotatable bonds is 10. The summed E-state index contributed by atoms with van der Waals surface area (Å²) in [5, 5.41) is 14.7. The van der Waals surface area contributed by atoms with Gasteiger partial charge in [-0.1, -0.05) is 0 Å². The third kappa shape index (κ3) is 6.46. The first-order valence-corrected chi connectivity index (χ1v) is 13.9. The Labute approximate surface area is 244 Å². The van der Waals surface area contributed by atoms with E-state index in [1.807, 2.05) is 6.92 Å². The lowest BCUT2D eigenvalue weighted by molar-refractivity contribution is -0.139. The van der Waals surface area contributed by atoms with E-state index in [0.717, 1.165) is 18.8 Å². The highest BCUT2D eigenvalue weighted by Crippen LogP contribution is 2.28. The van der Waals surface area contributed by atoms with E-state index in [4.69, 9.17) is 4.74 Å². The zero-order valence-corrected chi connectivity index (χ0v) is 24.6. The number of carbonyl (C=O) groups excluding carboxylic acids is 2. The van der Waals surface area contributed by atoms with Gasteiger partial charge in [-0.25, -0.2) is 9.67 Å². The maximum Gasteiger partial charge on any atom is 0.310 e. The van der Waals surface area contributed by atoms with E-state index in [0.29, 0.717) is 51.8 Å². The summed E-state index contributed by atoms with van der Waals surface area (Å²) in [5.41, 5.74) is 3.97. The van der Waals surface area contributed by atoms with Crippen molar-refractivity contribution in [1.82, 2.24) is 39.9 Å². The first-order valence-electron chi connectivity index (χ1n) is 13.9. The summed E-state index contributed by atoms with van der Waals surface area (Å²) in [4.78, 5) is 44.6. The number of hydrogen-bond acceptors (Lipinski definition) is 11. The average molecular weight is 573 g/mol. The van der Waals surface area contributed by atoms with Crippen molar-refractivity contribution in [2.24, 2.45) is 7.05 Å². The summed E-state index contributed by atoms with van der Waals surface area (Å²) in [6, 6.07) is 3.57. The number of likely N-dealkylation sites (tertiary alicyclic amines) is 1. The maximum atomic E-state index is 12.9. The van der Waals surface area contributed by atoms with Crippen LogP contribution in [0.1, 0.15) is 48.3 Å². The second-order valence-electron chi connectivity index (χ2n) is 11.0. The van der Waals surface area contributed by atoms with E-state index in [2.05, 4.69) is 59.7 Å². The van der Waals surface area contributed by atoms with E-state index >= 15 is 0 Å². The molecule has 0 aromatic carbocycles. The van der Waals surface area contributed by atoms with Crippen LogP contribution in [0.5, 0.6) is 0 Å². The van der Waals surface area contributed by atoms with Crippen LogP contribution < -0.4 is 16.0 Å². The molecule has 4 aromatic rings. The Balaban J connectivity index is 1.28. The predicted octanol–water partition coefficient (Wildman–Crippen LogP) is 3.27. The highest BCUT2D eigenvalue weighted by Gasteiger charge is 2.31. The van der Waals surface area contributed by atoms with Gasteiger partial charge in [0.15, 0.2) is 11.5 Å². The van der Waals surface area contributed by atoms with Gasteiger partial charge < -0.3 is 20.7 Å². The van der Waals surface area contributed by atoms with Crippen molar-refractivity contribution >= 4 is 46.1 Å². The molecule has 0 radical (unpaired) electrons. The number of methoxy groups -OCH3 is 1. The molecule has 0 bridgehead atoms. The third-order valence-electron chi connectivity index (χ3n) is 7.55. The minimum absolute atomic E-state index is 0.115. The lowest BCUT2D eigenvalue weighted by Gasteiger charge is -2.31. The van der Waals surface area contributed by atoms with E-state index in [1.54, 1.807) is 48.6 Å². The fourth-order valence-electron chi connectivity index (χ4n) is 5.11. The van der Waals surface area contributed by atoms with Gasteiger partial charge in [0.2, 0.25) is 5.95 Å². The molecule has 13 heteroatoms. The molecule has 0 spiro atoms. The molecule has 3 N–H and O–H groups in total. The molecule has 13 nitrogen and oxygen atoms in total. The monoisotopic (exact) mass is 572 g/mol. The van der Waals surface area contributed by atoms with Gasteiger partial charge in [0.25, 0.3) is 5.91 Å². The standard InChI is InChI=1S/C29H36N10O3/c1-18-23(13-20(15-32-18)27(41)31-8-10-39-9-6-7-29(39,2)3)35-25-22-17-33-28(36-26(22)38(4)37-25)34-21-11-19(14-30-16-21)12-24(40)42-5/h11,13-17H,6-10,12H2,1-5H3,(H,31,41)(H,35,37)(H,33,34,36). The first-order chi connectivity index (χ1) is 20.1. The number of hydrogen-bond donors (Lipinski definition) is 3. The molecule has 1 aliphatic rings. The molecular weight excluding hydrogens is 536 g/mol. The summed E-state index contributed by atoms with van der Waals surface area (Å²) in [6.07, 6.45) is 8.96. The van der Waals surface area contributed by atoms with Crippen molar-refractivity contribution < 1.29 is 14.3 Å². The molecule has 0 aliphatic carbocycles. The summed E-state index contributed by atoms with van der Waals surface area (Å²) >= 11 is 0. The summed E-state index contributed by atoms with van der Waals surface area (Å²) < 4.78 is 6.38. The molecule has 1 saturated heterocycles. The van der Waals surface area contributed by atoms with Crippen molar-refractivity contribution in [1.29, 1.82) is 0 Å². The second-order valence-corrected chi connectivity index (χ2v) is 11.0. The molecule has 220 valence electrons. The lowest BCUT2D eigenvalue weighted by Crippen LogP contribution is -2.43. The van der Waals surface area contributed by atoms with Gasteiger partial charge in [0.1, 0.15) is 0 Å². The number of aromatic nitrogens is 6. The topological polar surface area (TPSA) is 152 Å². The number of aryl methyl sites for hydroxylation is 2. The Bertz CT molecular complexity index is 1620. The summed E-state index contributed by atoms with van der Waals surface area (Å²) in [6.45, 7) is 8.81. The smallest absolute Gasteiger partial charge is 0.310 e. The molecule has 0 atom stereocenters. The van der Waals surface area contributed by atoms with E-state index < -0.39 is 0 Å². The van der Waals surface area contributed by atoms with Crippen molar-refractivity contribution in [3.63, 3.8) is 0 Å². The van der Waals surface area contributed by atoms with Crippen molar-refractivity contribution in [3.8, 4) is 0 Å². The van der Waals surface area contributed by atoms with Crippen molar-refractivity contribution in [2.75, 3.05) is 37.4 Å². The quantitative estimate of drug-likeness (QED) is 0.240. The van der Waals surface area contributed by atoms with Gasteiger partial charge in [0.05, 0.1) is 47.7 Å². The van der Waals surface area contributed by atoms with Gasteiger partial charge in [-0.05, 0) is 57.9 Å². The molecule has 4 aromatic heterocycles. The number of amides is 1. The normalized spacial score (nSPS) is 14.6. The number of nitrogens with zero attached hydrogens (tertiary/aromatic N) is 7. The van der Waals surface area contributed by atoms with Gasteiger partial charge in [0, 0.05) is 44.3 Å². The van der Waals surface area contributed by atoms with Crippen LogP contribution >= 0.6 is 0 Å². The maximum absolute atomic E-state index is 12.9. The first kappa shape index (κ1) is 28.9. The molecule has 1 fully saturated rings. The average Bonchev–Trinajstić information content (AvgIpc) is 3.46. The third-order valence-corrected chi connectivity index (χ3v) is 7.55. The van der Waals surface area contributed by atoms with Gasteiger partial charge in [-0.15, -0.1) is 0 Å². The molecule has 1 aliphatic heterocycles. The van der Waals surface area contributed by atoms with Crippen LogP contribution in [0.15, 0.2) is 36.9 Å². The van der Waals surface area contributed by atoms with Gasteiger partial charge in [-0.3, -0.25) is 24.5 Å². The van der Waals surface area contributed by atoms with Crippen LogP contribution in [-0.2, 0) is 23.0 Å². The van der Waals surface area contributed by atoms with Crippen molar-refractivity contribution in [2.45, 2.75) is 45.6 Å². The number of pyridine rings is 2. The van der Waals surface area contributed by atoms with Crippen LogP contribution in [0.4, 0.5) is 23.1 Å². The largest absolute Gasteiger partial charge is 0.469 e. The van der Waals surface area contributed by atoms with Gasteiger partial charge >= 0.3 is 5.97 Å². The minimum Gasteiger partial charge on any atom is -0.469 e. The fraction of sp³-hybridized carbons (Fsp3) is 0.414.